The monoisotopic (exact) mass is 472 g/mol. The van der Waals surface area contributed by atoms with E-state index in [0.29, 0.717) is 5.56 Å². The molecule has 3 aromatic rings. The van der Waals surface area contributed by atoms with Gasteiger partial charge in [-0.25, -0.2) is 4.79 Å². The fraction of sp³-hybridized carbons (Fsp3) is 0.250. The number of carboxylic acid groups (broad SMARTS) is 1. The van der Waals surface area contributed by atoms with E-state index in [1.54, 1.807) is 44.2 Å². The van der Waals surface area contributed by atoms with Crippen LogP contribution in [-0.4, -0.2) is 47.2 Å². The zero-order valence-electron chi connectivity index (χ0n) is 19.7. The number of nitrogens with one attached hydrogen (secondary N) is 1. The molecule has 2 N–H and O–H groups in total. The van der Waals surface area contributed by atoms with Crippen molar-refractivity contribution >= 4 is 18.0 Å². The van der Waals surface area contributed by atoms with Crippen LogP contribution in [0.15, 0.2) is 78.9 Å². The van der Waals surface area contributed by atoms with Gasteiger partial charge in [-0.05, 0) is 41.7 Å². The molecule has 0 saturated carbocycles. The summed E-state index contributed by atoms with van der Waals surface area (Å²) in [5.41, 5.74) is 4.96. The highest BCUT2D eigenvalue weighted by molar-refractivity contribution is 5.89. The Morgan fingerprint density at radius 2 is 1.43 bits per heavy atom. The molecule has 0 aromatic heterocycles. The first-order chi connectivity index (χ1) is 16.9. The lowest BCUT2D eigenvalue weighted by Crippen LogP contribution is -2.48. The van der Waals surface area contributed by atoms with Crippen molar-refractivity contribution < 1.29 is 24.2 Å². The number of nitrogens with zero attached hydrogens (tertiary/aromatic N) is 1. The summed E-state index contributed by atoms with van der Waals surface area (Å²) in [6.45, 7) is 3.11. The van der Waals surface area contributed by atoms with E-state index in [4.69, 9.17) is 4.74 Å². The van der Waals surface area contributed by atoms with E-state index in [2.05, 4.69) is 17.4 Å². The van der Waals surface area contributed by atoms with Crippen molar-refractivity contribution in [2.75, 3.05) is 13.2 Å². The summed E-state index contributed by atoms with van der Waals surface area (Å²) in [7, 11) is 0. The number of hydrogen-bond acceptors (Lipinski definition) is 4. The lowest BCUT2D eigenvalue weighted by atomic mass is 9.98. The molecule has 4 rings (SSSR count). The maximum absolute atomic E-state index is 13.3. The third-order valence-corrected chi connectivity index (χ3v) is 6.20. The van der Waals surface area contributed by atoms with Crippen molar-refractivity contribution in [3.05, 3.63) is 95.6 Å². The maximum atomic E-state index is 13.3. The molecule has 1 atom stereocenters. The number of carbonyl (C=O) groups is 3. The van der Waals surface area contributed by atoms with Crippen LogP contribution in [0.5, 0.6) is 0 Å². The zero-order valence-corrected chi connectivity index (χ0v) is 19.7. The summed E-state index contributed by atoms with van der Waals surface area (Å²) in [6.07, 6.45) is -0.743. The largest absolute Gasteiger partial charge is 0.480 e. The first-order valence-corrected chi connectivity index (χ1v) is 11.6. The Morgan fingerprint density at radius 1 is 0.886 bits per heavy atom. The molecule has 2 amide bonds. The van der Waals surface area contributed by atoms with Crippen molar-refractivity contribution in [3.63, 3.8) is 0 Å². The summed E-state index contributed by atoms with van der Waals surface area (Å²) < 4.78 is 5.63. The standard InChI is InChI=1S/C28H28N2O5/c1-18(2)30(16-25(31)32)27(33)26(19-10-4-3-5-11-19)29-28(34)35-17-24-22-14-8-6-12-20(22)21-13-7-9-15-23(21)24/h3-15,18,24,26H,16-17H2,1-2H3,(H,29,34)(H,31,32)/t26-/m1/s1. The Hall–Kier alpha value is -4.13. The second-order valence-corrected chi connectivity index (χ2v) is 8.77. The number of aliphatic carboxylic acids is 1. The smallest absolute Gasteiger partial charge is 0.408 e. The van der Waals surface area contributed by atoms with Gasteiger partial charge in [0, 0.05) is 12.0 Å². The molecule has 1 aliphatic rings. The van der Waals surface area contributed by atoms with Gasteiger partial charge >= 0.3 is 12.1 Å². The summed E-state index contributed by atoms with van der Waals surface area (Å²) >= 11 is 0. The van der Waals surface area contributed by atoms with E-state index < -0.39 is 30.6 Å². The molecule has 0 radical (unpaired) electrons. The van der Waals surface area contributed by atoms with Gasteiger partial charge in [0.05, 0.1) is 0 Å². The van der Waals surface area contributed by atoms with Crippen LogP contribution >= 0.6 is 0 Å². The maximum Gasteiger partial charge on any atom is 0.408 e. The van der Waals surface area contributed by atoms with Crippen LogP contribution in [0.1, 0.15) is 42.5 Å². The Labute approximate surface area is 204 Å². The van der Waals surface area contributed by atoms with Crippen LogP contribution in [-0.2, 0) is 14.3 Å². The van der Waals surface area contributed by atoms with Crippen LogP contribution in [0, 0.1) is 0 Å². The fourth-order valence-corrected chi connectivity index (χ4v) is 4.52. The second kappa shape index (κ2) is 10.4. The van der Waals surface area contributed by atoms with E-state index in [1.807, 2.05) is 36.4 Å². The molecule has 0 aliphatic heterocycles. The van der Waals surface area contributed by atoms with Crippen molar-refractivity contribution in [1.29, 1.82) is 0 Å². The number of fused-ring (bicyclic) bond motifs is 3. The van der Waals surface area contributed by atoms with Gasteiger partial charge in [0.15, 0.2) is 0 Å². The van der Waals surface area contributed by atoms with Crippen LogP contribution in [0.25, 0.3) is 11.1 Å². The zero-order chi connectivity index (χ0) is 24.9. The number of benzene rings is 3. The van der Waals surface area contributed by atoms with Gasteiger partial charge < -0.3 is 20.1 Å². The Kier molecular flexibility index (Phi) is 7.15. The summed E-state index contributed by atoms with van der Waals surface area (Å²) in [4.78, 5) is 38.8. The van der Waals surface area contributed by atoms with Crippen LogP contribution in [0.3, 0.4) is 0 Å². The predicted octanol–water partition coefficient (Wildman–Crippen LogP) is 4.59. The highest BCUT2D eigenvalue weighted by Gasteiger charge is 2.32. The molecule has 7 heteroatoms. The molecular weight excluding hydrogens is 444 g/mol. The van der Waals surface area contributed by atoms with E-state index in [-0.39, 0.29) is 18.6 Å². The van der Waals surface area contributed by atoms with E-state index >= 15 is 0 Å². The number of amides is 2. The molecule has 35 heavy (non-hydrogen) atoms. The number of ether oxygens (including phenoxy) is 1. The number of carboxylic acids is 1. The third-order valence-electron chi connectivity index (χ3n) is 6.20. The highest BCUT2D eigenvalue weighted by atomic mass is 16.5. The minimum Gasteiger partial charge on any atom is -0.480 e. The van der Waals surface area contributed by atoms with Gasteiger partial charge in [0.25, 0.3) is 5.91 Å². The molecule has 0 fully saturated rings. The SMILES string of the molecule is CC(C)N(CC(=O)O)C(=O)[C@H](NC(=O)OCC1c2ccccc2-c2ccccc21)c1ccccc1. The van der Waals surface area contributed by atoms with Crippen molar-refractivity contribution in [2.24, 2.45) is 0 Å². The van der Waals surface area contributed by atoms with Crippen LogP contribution in [0.2, 0.25) is 0 Å². The molecule has 180 valence electrons. The fourth-order valence-electron chi connectivity index (χ4n) is 4.52. The van der Waals surface area contributed by atoms with Gasteiger partial charge in [-0.3, -0.25) is 9.59 Å². The molecule has 7 nitrogen and oxygen atoms in total. The summed E-state index contributed by atoms with van der Waals surface area (Å²) in [6, 6.07) is 23.4. The topological polar surface area (TPSA) is 95.9 Å². The first kappa shape index (κ1) is 24.0. The minimum absolute atomic E-state index is 0.110. The van der Waals surface area contributed by atoms with Crippen LogP contribution in [0.4, 0.5) is 4.79 Å². The predicted molar refractivity (Wildman–Crippen MR) is 132 cm³/mol. The third kappa shape index (κ3) is 5.19. The number of hydrogen-bond donors (Lipinski definition) is 2. The molecular formula is C28H28N2O5. The van der Waals surface area contributed by atoms with Crippen molar-refractivity contribution in [3.8, 4) is 11.1 Å². The molecule has 0 saturated heterocycles. The molecule has 0 unspecified atom stereocenters. The average Bonchev–Trinajstić information content (AvgIpc) is 3.18. The summed E-state index contributed by atoms with van der Waals surface area (Å²) in [5, 5.41) is 11.9. The molecule has 0 heterocycles. The molecule has 3 aromatic carbocycles. The van der Waals surface area contributed by atoms with Gasteiger partial charge in [0.2, 0.25) is 0 Å². The van der Waals surface area contributed by atoms with Crippen molar-refractivity contribution in [1.82, 2.24) is 10.2 Å². The highest BCUT2D eigenvalue weighted by Crippen LogP contribution is 2.44. The quantitative estimate of drug-likeness (QED) is 0.500. The minimum atomic E-state index is -1.12. The Balaban J connectivity index is 1.52. The number of rotatable bonds is 8. The van der Waals surface area contributed by atoms with Gasteiger partial charge in [-0.2, -0.15) is 0 Å². The van der Waals surface area contributed by atoms with Crippen molar-refractivity contribution in [2.45, 2.75) is 31.8 Å². The van der Waals surface area contributed by atoms with Crippen LogP contribution < -0.4 is 5.32 Å². The number of carbonyl (C=O) groups excluding carboxylic acids is 2. The van der Waals surface area contributed by atoms with Gasteiger partial charge in [-0.1, -0.05) is 78.9 Å². The first-order valence-electron chi connectivity index (χ1n) is 11.6. The second-order valence-electron chi connectivity index (χ2n) is 8.77. The van der Waals surface area contributed by atoms with E-state index in [9.17, 15) is 19.5 Å². The summed E-state index contributed by atoms with van der Waals surface area (Å²) in [5.74, 6) is -1.75. The lowest BCUT2D eigenvalue weighted by molar-refractivity contribution is -0.146. The average molecular weight is 473 g/mol. The lowest BCUT2D eigenvalue weighted by Gasteiger charge is -2.30. The number of alkyl carbamates (subject to hydrolysis) is 1. The normalized spacial score (nSPS) is 13.0. The Morgan fingerprint density at radius 3 is 1.97 bits per heavy atom. The van der Waals surface area contributed by atoms with E-state index in [0.717, 1.165) is 22.3 Å². The molecule has 0 spiro atoms. The van der Waals surface area contributed by atoms with E-state index in [1.165, 1.54) is 4.90 Å². The van der Waals surface area contributed by atoms with Gasteiger partial charge in [-0.15, -0.1) is 0 Å². The molecule has 0 bridgehead atoms. The van der Waals surface area contributed by atoms with Gasteiger partial charge in [0.1, 0.15) is 19.2 Å². The molecule has 1 aliphatic carbocycles. The Bertz CT molecular complexity index is 1180.